The Labute approximate surface area is 119 Å². The number of ether oxygens (including phenoxy) is 1. The molecule has 100 valence electrons. The number of aryl methyl sites for hydroxylation is 1. The second-order valence-corrected chi connectivity index (χ2v) is 6.92. The van der Waals surface area contributed by atoms with Crippen molar-refractivity contribution in [1.29, 1.82) is 0 Å². The lowest BCUT2D eigenvalue weighted by Crippen LogP contribution is -2.14. The van der Waals surface area contributed by atoms with E-state index in [1.54, 1.807) is 0 Å². The summed E-state index contributed by atoms with van der Waals surface area (Å²) in [5.41, 5.74) is 2.72. The quantitative estimate of drug-likeness (QED) is 0.704. The van der Waals surface area contributed by atoms with Crippen molar-refractivity contribution in [3.8, 4) is 5.75 Å². The summed E-state index contributed by atoms with van der Waals surface area (Å²) >= 11 is 3.75. The Morgan fingerprint density at radius 3 is 2.89 bits per heavy atom. The van der Waals surface area contributed by atoms with Gasteiger partial charge in [-0.1, -0.05) is 47.5 Å². The van der Waals surface area contributed by atoms with E-state index in [0.29, 0.717) is 16.8 Å². The van der Waals surface area contributed by atoms with E-state index >= 15 is 0 Å². The van der Waals surface area contributed by atoms with Crippen molar-refractivity contribution >= 4 is 15.9 Å². The maximum atomic E-state index is 5.99. The number of hydrogen-bond donors (Lipinski definition) is 0. The van der Waals surface area contributed by atoms with Crippen LogP contribution in [0.15, 0.2) is 18.2 Å². The molecule has 2 atom stereocenters. The fraction of sp³-hybridized carbons (Fsp3) is 0.625. The van der Waals surface area contributed by atoms with Crippen LogP contribution in [-0.4, -0.2) is 10.9 Å². The predicted molar refractivity (Wildman–Crippen MR) is 80.7 cm³/mol. The Bertz CT molecular complexity index is 400. The molecule has 0 bridgehead atoms. The normalized spacial score (nSPS) is 19.7. The van der Waals surface area contributed by atoms with Crippen LogP contribution in [0.25, 0.3) is 0 Å². The molecular weight excluding hydrogens is 288 g/mol. The van der Waals surface area contributed by atoms with Crippen LogP contribution in [0.5, 0.6) is 5.75 Å². The van der Waals surface area contributed by atoms with Crippen molar-refractivity contribution in [1.82, 2.24) is 0 Å². The van der Waals surface area contributed by atoms with E-state index in [1.165, 1.54) is 30.4 Å². The number of rotatable bonds is 5. The van der Waals surface area contributed by atoms with Gasteiger partial charge in [0.15, 0.2) is 0 Å². The molecule has 0 radical (unpaired) electrons. The maximum absolute atomic E-state index is 5.99. The molecule has 1 aromatic carbocycles. The Balaban J connectivity index is 1.78. The van der Waals surface area contributed by atoms with Gasteiger partial charge >= 0.3 is 0 Å². The number of hydrogen-bond acceptors (Lipinski definition) is 1. The van der Waals surface area contributed by atoms with Crippen LogP contribution in [0, 0.1) is 12.8 Å². The van der Waals surface area contributed by atoms with E-state index in [-0.39, 0.29) is 0 Å². The topological polar surface area (TPSA) is 9.23 Å². The molecule has 1 aromatic rings. The minimum atomic E-state index is 0.397. The average Bonchev–Trinajstić information content (AvgIpc) is 2.70. The highest BCUT2D eigenvalue weighted by Gasteiger charge is 2.22. The second-order valence-electron chi connectivity index (χ2n) is 5.75. The Morgan fingerprint density at radius 1 is 1.39 bits per heavy atom. The highest BCUT2D eigenvalue weighted by atomic mass is 79.9. The molecule has 18 heavy (non-hydrogen) atoms. The van der Waals surface area contributed by atoms with Gasteiger partial charge in [0.25, 0.3) is 0 Å². The third kappa shape index (κ3) is 3.50. The van der Waals surface area contributed by atoms with Gasteiger partial charge in [-0.05, 0) is 43.7 Å². The first-order valence-corrected chi connectivity index (χ1v) is 7.88. The van der Waals surface area contributed by atoms with Crippen LogP contribution in [0.1, 0.15) is 44.2 Å². The van der Waals surface area contributed by atoms with Gasteiger partial charge in [-0.2, -0.15) is 0 Å². The SMILES string of the molecule is Cc1ccc2c(c1)CC(CCCC(Br)C(C)C)O2. The molecule has 0 saturated heterocycles. The van der Waals surface area contributed by atoms with Crippen LogP contribution < -0.4 is 4.74 Å². The first-order chi connectivity index (χ1) is 8.56. The van der Waals surface area contributed by atoms with Crippen molar-refractivity contribution < 1.29 is 4.74 Å². The monoisotopic (exact) mass is 310 g/mol. The predicted octanol–water partition coefficient (Wildman–Crippen LogP) is 4.89. The first-order valence-electron chi connectivity index (χ1n) is 6.96. The summed E-state index contributed by atoms with van der Waals surface area (Å²) < 4.78 is 5.99. The molecule has 0 aromatic heterocycles. The zero-order chi connectivity index (χ0) is 13.1. The van der Waals surface area contributed by atoms with Gasteiger partial charge in [0.05, 0.1) is 0 Å². The average molecular weight is 311 g/mol. The maximum Gasteiger partial charge on any atom is 0.123 e. The van der Waals surface area contributed by atoms with Crippen LogP contribution in [0.2, 0.25) is 0 Å². The number of benzene rings is 1. The highest BCUT2D eigenvalue weighted by Crippen LogP contribution is 2.31. The molecule has 2 unspecified atom stereocenters. The molecular formula is C16H23BrO. The zero-order valence-electron chi connectivity index (χ0n) is 11.6. The number of halogens is 1. The molecule has 1 nitrogen and oxygen atoms in total. The van der Waals surface area contributed by atoms with E-state index in [4.69, 9.17) is 4.74 Å². The molecule has 0 aliphatic carbocycles. The molecule has 2 heteroatoms. The van der Waals surface area contributed by atoms with Crippen LogP contribution in [0.4, 0.5) is 0 Å². The summed E-state index contributed by atoms with van der Waals surface area (Å²) in [6.45, 7) is 6.68. The van der Waals surface area contributed by atoms with Crippen LogP contribution in [-0.2, 0) is 6.42 Å². The molecule has 0 N–H and O–H groups in total. The summed E-state index contributed by atoms with van der Waals surface area (Å²) in [6.07, 6.45) is 5.14. The molecule has 1 aliphatic heterocycles. The number of alkyl halides is 1. The van der Waals surface area contributed by atoms with E-state index in [2.05, 4.69) is 54.9 Å². The molecule has 0 spiro atoms. The van der Waals surface area contributed by atoms with Gasteiger partial charge < -0.3 is 4.74 Å². The van der Waals surface area contributed by atoms with Crippen molar-refractivity contribution in [3.63, 3.8) is 0 Å². The molecule has 0 fully saturated rings. The molecule has 2 rings (SSSR count). The lowest BCUT2D eigenvalue weighted by molar-refractivity contribution is 0.216. The van der Waals surface area contributed by atoms with Gasteiger partial charge in [0.1, 0.15) is 11.9 Å². The van der Waals surface area contributed by atoms with Crippen molar-refractivity contribution in [2.24, 2.45) is 5.92 Å². The summed E-state index contributed by atoms with van der Waals surface area (Å²) in [6, 6.07) is 6.51. The van der Waals surface area contributed by atoms with Crippen LogP contribution in [0.3, 0.4) is 0 Å². The summed E-state index contributed by atoms with van der Waals surface area (Å²) in [5.74, 6) is 1.82. The zero-order valence-corrected chi connectivity index (χ0v) is 13.2. The van der Waals surface area contributed by atoms with Gasteiger partial charge in [0, 0.05) is 11.2 Å². The third-order valence-electron chi connectivity index (χ3n) is 3.69. The molecule has 0 saturated carbocycles. The Kier molecular flexibility index (Phi) is 4.71. The fourth-order valence-electron chi connectivity index (χ4n) is 2.48. The second kappa shape index (κ2) is 6.10. The standard InChI is InChI=1S/C16H23BrO/c1-11(2)15(17)6-4-5-14-10-13-9-12(3)7-8-16(13)18-14/h7-9,11,14-15H,4-6,10H2,1-3H3. The summed E-state index contributed by atoms with van der Waals surface area (Å²) in [7, 11) is 0. The van der Waals surface area contributed by atoms with E-state index in [0.717, 1.165) is 12.2 Å². The minimum absolute atomic E-state index is 0.397. The Morgan fingerprint density at radius 2 is 2.17 bits per heavy atom. The minimum Gasteiger partial charge on any atom is -0.490 e. The van der Waals surface area contributed by atoms with E-state index in [1.807, 2.05) is 0 Å². The van der Waals surface area contributed by atoms with Gasteiger partial charge in [-0.25, -0.2) is 0 Å². The fourth-order valence-corrected chi connectivity index (χ4v) is 2.81. The highest BCUT2D eigenvalue weighted by molar-refractivity contribution is 9.09. The largest absolute Gasteiger partial charge is 0.490 e. The van der Waals surface area contributed by atoms with Gasteiger partial charge in [0.2, 0.25) is 0 Å². The third-order valence-corrected chi connectivity index (χ3v) is 5.20. The van der Waals surface area contributed by atoms with Crippen molar-refractivity contribution in [2.75, 3.05) is 0 Å². The first kappa shape index (κ1) is 13.9. The lowest BCUT2D eigenvalue weighted by atomic mass is 10.0. The summed E-state index contributed by atoms with van der Waals surface area (Å²) in [4.78, 5) is 0.642. The summed E-state index contributed by atoms with van der Waals surface area (Å²) in [5, 5.41) is 0. The van der Waals surface area contributed by atoms with Gasteiger partial charge in [-0.3, -0.25) is 0 Å². The van der Waals surface area contributed by atoms with Crippen molar-refractivity contribution in [3.05, 3.63) is 29.3 Å². The molecule has 0 amide bonds. The van der Waals surface area contributed by atoms with Crippen LogP contribution >= 0.6 is 15.9 Å². The van der Waals surface area contributed by atoms with E-state index < -0.39 is 0 Å². The smallest absolute Gasteiger partial charge is 0.123 e. The number of fused-ring (bicyclic) bond motifs is 1. The Hall–Kier alpha value is -0.500. The van der Waals surface area contributed by atoms with Crippen molar-refractivity contribution in [2.45, 2.75) is 57.4 Å². The molecule has 1 heterocycles. The lowest BCUT2D eigenvalue weighted by Gasteiger charge is -2.15. The van der Waals surface area contributed by atoms with E-state index in [9.17, 15) is 0 Å². The molecule has 1 aliphatic rings. The van der Waals surface area contributed by atoms with Gasteiger partial charge in [-0.15, -0.1) is 0 Å².